The van der Waals surface area contributed by atoms with Crippen LogP contribution in [0.1, 0.15) is 31.2 Å². The van der Waals surface area contributed by atoms with Gasteiger partial charge in [0.05, 0.1) is 13.7 Å². The van der Waals surface area contributed by atoms with E-state index in [0.717, 1.165) is 30.9 Å². The molecule has 1 aliphatic carbocycles. The fourth-order valence-electron chi connectivity index (χ4n) is 1.89. The summed E-state index contributed by atoms with van der Waals surface area (Å²) in [6, 6.07) is 6.75. The van der Waals surface area contributed by atoms with E-state index < -0.39 is 0 Å². The number of ether oxygens (including phenoxy) is 2. The summed E-state index contributed by atoms with van der Waals surface area (Å²) >= 11 is 0. The first-order valence-corrected chi connectivity index (χ1v) is 6.97. The van der Waals surface area contributed by atoms with E-state index in [0.29, 0.717) is 12.6 Å². The lowest BCUT2D eigenvalue weighted by molar-refractivity contribution is 0.247. The van der Waals surface area contributed by atoms with E-state index >= 15 is 0 Å². The largest absolute Gasteiger partial charge is 0.493 e. The molecule has 0 aliphatic heterocycles. The van der Waals surface area contributed by atoms with Crippen molar-refractivity contribution in [1.29, 1.82) is 0 Å². The maximum Gasteiger partial charge on any atom is 0.161 e. The summed E-state index contributed by atoms with van der Waals surface area (Å²) in [5.41, 5.74) is 1.21. The molecule has 106 valence electrons. The molecule has 19 heavy (non-hydrogen) atoms. The van der Waals surface area contributed by atoms with Crippen LogP contribution in [0.2, 0.25) is 0 Å². The average Bonchev–Trinajstić information content (AvgIpc) is 3.26. The predicted molar refractivity (Wildman–Crippen MR) is 74.7 cm³/mol. The van der Waals surface area contributed by atoms with Crippen molar-refractivity contribution < 1.29 is 14.6 Å². The number of hydrogen-bond acceptors (Lipinski definition) is 4. The number of rotatable bonds is 9. The Morgan fingerprint density at radius 2 is 2.11 bits per heavy atom. The Hall–Kier alpha value is -1.26. The van der Waals surface area contributed by atoms with Crippen molar-refractivity contribution >= 4 is 0 Å². The Labute approximate surface area is 114 Å². The Bertz CT molecular complexity index is 391. The molecule has 1 aromatic carbocycles. The second-order valence-corrected chi connectivity index (χ2v) is 4.92. The molecule has 4 heteroatoms. The predicted octanol–water partition coefficient (Wildman–Crippen LogP) is 2.10. The number of nitrogens with one attached hydrogen (secondary N) is 1. The molecule has 1 aromatic rings. The Morgan fingerprint density at radius 3 is 2.79 bits per heavy atom. The van der Waals surface area contributed by atoms with E-state index in [4.69, 9.17) is 14.6 Å². The van der Waals surface area contributed by atoms with Gasteiger partial charge in [-0.2, -0.15) is 0 Å². The molecule has 0 amide bonds. The van der Waals surface area contributed by atoms with Crippen molar-refractivity contribution in [1.82, 2.24) is 5.32 Å². The number of methoxy groups -OCH3 is 1. The third-order valence-corrected chi connectivity index (χ3v) is 3.21. The van der Waals surface area contributed by atoms with Crippen LogP contribution in [-0.4, -0.2) is 31.5 Å². The lowest BCUT2D eigenvalue weighted by Crippen LogP contribution is -2.15. The topological polar surface area (TPSA) is 50.7 Å². The molecular weight excluding hydrogens is 242 g/mol. The molecule has 0 aromatic heterocycles. The first kappa shape index (κ1) is 14.2. The molecule has 1 fully saturated rings. The molecule has 0 radical (unpaired) electrons. The smallest absolute Gasteiger partial charge is 0.161 e. The van der Waals surface area contributed by atoms with Crippen LogP contribution in [0.4, 0.5) is 0 Å². The molecule has 0 saturated heterocycles. The lowest BCUT2D eigenvalue weighted by Gasteiger charge is -2.12. The standard InChI is InChI=1S/C15H23NO3/c1-18-14-7-4-12(11-16-13-5-6-13)10-15(14)19-9-3-2-8-17/h4,7,10,13,16-17H,2-3,5-6,8-9,11H2,1H3. The van der Waals surface area contributed by atoms with Crippen molar-refractivity contribution in [3.8, 4) is 11.5 Å². The number of aliphatic hydroxyl groups is 1. The van der Waals surface area contributed by atoms with Gasteiger partial charge >= 0.3 is 0 Å². The summed E-state index contributed by atoms with van der Waals surface area (Å²) in [6.45, 7) is 1.70. The van der Waals surface area contributed by atoms with Gasteiger partial charge in [0.15, 0.2) is 11.5 Å². The van der Waals surface area contributed by atoms with Gasteiger partial charge < -0.3 is 19.9 Å². The molecule has 2 N–H and O–H groups in total. The van der Waals surface area contributed by atoms with Gasteiger partial charge in [0, 0.05) is 19.2 Å². The van der Waals surface area contributed by atoms with Crippen LogP contribution in [0.5, 0.6) is 11.5 Å². The highest BCUT2D eigenvalue weighted by Gasteiger charge is 2.20. The third-order valence-electron chi connectivity index (χ3n) is 3.21. The Kier molecular flexibility index (Phi) is 5.48. The van der Waals surface area contributed by atoms with E-state index in [1.165, 1.54) is 18.4 Å². The first-order chi connectivity index (χ1) is 9.33. The quantitative estimate of drug-likeness (QED) is 0.671. The molecule has 1 saturated carbocycles. The summed E-state index contributed by atoms with van der Waals surface area (Å²) in [6.07, 6.45) is 4.21. The molecule has 0 unspecified atom stereocenters. The number of aliphatic hydroxyl groups excluding tert-OH is 1. The molecule has 0 heterocycles. The van der Waals surface area contributed by atoms with E-state index in [1.807, 2.05) is 12.1 Å². The van der Waals surface area contributed by atoms with Gasteiger partial charge in [-0.15, -0.1) is 0 Å². The van der Waals surface area contributed by atoms with E-state index in [-0.39, 0.29) is 6.61 Å². The van der Waals surface area contributed by atoms with E-state index in [1.54, 1.807) is 7.11 Å². The highest BCUT2D eigenvalue weighted by molar-refractivity contribution is 5.43. The van der Waals surface area contributed by atoms with Gasteiger partial charge in [-0.25, -0.2) is 0 Å². The average molecular weight is 265 g/mol. The molecular formula is C15H23NO3. The molecule has 1 aliphatic rings. The fraction of sp³-hybridized carbons (Fsp3) is 0.600. The van der Waals surface area contributed by atoms with Gasteiger partial charge in [-0.1, -0.05) is 6.07 Å². The van der Waals surface area contributed by atoms with Crippen molar-refractivity contribution in [2.75, 3.05) is 20.3 Å². The van der Waals surface area contributed by atoms with Gasteiger partial charge in [0.1, 0.15) is 0 Å². The molecule has 0 atom stereocenters. The van der Waals surface area contributed by atoms with Crippen molar-refractivity contribution in [3.63, 3.8) is 0 Å². The van der Waals surface area contributed by atoms with Crippen molar-refractivity contribution in [2.45, 2.75) is 38.3 Å². The first-order valence-electron chi connectivity index (χ1n) is 6.97. The van der Waals surface area contributed by atoms with Crippen molar-refractivity contribution in [3.05, 3.63) is 23.8 Å². The van der Waals surface area contributed by atoms with Crippen LogP contribution < -0.4 is 14.8 Å². The highest BCUT2D eigenvalue weighted by atomic mass is 16.5. The number of hydrogen-bond donors (Lipinski definition) is 2. The Balaban J connectivity index is 1.90. The van der Waals surface area contributed by atoms with Crippen LogP contribution in [0.3, 0.4) is 0 Å². The summed E-state index contributed by atoms with van der Waals surface area (Å²) in [7, 11) is 1.65. The summed E-state index contributed by atoms with van der Waals surface area (Å²) in [4.78, 5) is 0. The second-order valence-electron chi connectivity index (χ2n) is 4.92. The van der Waals surface area contributed by atoms with Crippen LogP contribution >= 0.6 is 0 Å². The summed E-state index contributed by atoms with van der Waals surface area (Å²) < 4.78 is 11.0. The highest BCUT2D eigenvalue weighted by Crippen LogP contribution is 2.28. The van der Waals surface area contributed by atoms with Crippen molar-refractivity contribution in [2.24, 2.45) is 0 Å². The minimum atomic E-state index is 0.214. The normalized spacial score (nSPS) is 14.4. The van der Waals surface area contributed by atoms with Crippen LogP contribution in [0.15, 0.2) is 18.2 Å². The van der Waals surface area contributed by atoms with E-state index in [9.17, 15) is 0 Å². The zero-order valence-corrected chi connectivity index (χ0v) is 11.5. The fourth-order valence-corrected chi connectivity index (χ4v) is 1.89. The van der Waals surface area contributed by atoms with Gasteiger partial charge in [0.2, 0.25) is 0 Å². The molecule has 0 spiro atoms. The zero-order chi connectivity index (χ0) is 13.5. The maximum absolute atomic E-state index is 8.75. The lowest BCUT2D eigenvalue weighted by atomic mass is 10.2. The summed E-state index contributed by atoms with van der Waals surface area (Å²) in [5.74, 6) is 1.55. The van der Waals surface area contributed by atoms with Crippen LogP contribution in [0.25, 0.3) is 0 Å². The van der Waals surface area contributed by atoms with Gasteiger partial charge in [-0.3, -0.25) is 0 Å². The van der Waals surface area contributed by atoms with Crippen LogP contribution in [0, 0.1) is 0 Å². The SMILES string of the molecule is COc1ccc(CNC2CC2)cc1OCCCCO. The summed E-state index contributed by atoms with van der Waals surface area (Å²) in [5, 5.41) is 12.2. The second kappa shape index (κ2) is 7.36. The monoisotopic (exact) mass is 265 g/mol. The minimum absolute atomic E-state index is 0.214. The molecule has 4 nitrogen and oxygen atoms in total. The molecule has 0 bridgehead atoms. The minimum Gasteiger partial charge on any atom is -0.493 e. The van der Waals surface area contributed by atoms with Crippen LogP contribution in [-0.2, 0) is 6.54 Å². The zero-order valence-electron chi connectivity index (χ0n) is 11.5. The third kappa shape index (κ3) is 4.73. The van der Waals surface area contributed by atoms with E-state index in [2.05, 4.69) is 11.4 Å². The maximum atomic E-state index is 8.75. The van der Waals surface area contributed by atoms with Gasteiger partial charge in [0.25, 0.3) is 0 Å². The Morgan fingerprint density at radius 1 is 1.26 bits per heavy atom. The number of benzene rings is 1. The molecule has 2 rings (SSSR count). The number of unbranched alkanes of at least 4 members (excludes halogenated alkanes) is 1. The van der Waals surface area contributed by atoms with Gasteiger partial charge in [-0.05, 0) is 43.4 Å².